The highest BCUT2D eigenvalue weighted by molar-refractivity contribution is 8.77. The number of aromatic nitrogens is 1. The van der Waals surface area contributed by atoms with Gasteiger partial charge in [0.15, 0.2) is 0 Å². The minimum atomic E-state index is 1.02. The van der Waals surface area contributed by atoms with Gasteiger partial charge < -0.3 is 0 Å². The van der Waals surface area contributed by atoms with Crippen molar-refractivity contribution in [2.24, 2.45) is 0 Å². The van der Waals surface area contributed by atoms with Gasteiger partial charge in [0.1, 0.15) is 5.03 Å². The van der Waals surface area contributed by atoms with Crippen LogP contribution >= 0.6 is 21.6 Å². The monoisotopic (exact) mass is 195 g/mol. The van der Waals surface area contributed by atoms with Gasteiger partial charge in [0.05, 0.1) is 0 Å². The maximum absolute atomic E-state index is 4.16. The van der Waals surface area contributed by atoms with E-state index in [1.165, 1.54) is 0 Å². The normalized spacial score (nSPS) is 10.3. The Kier molecular flexibility index (Phi) is 4.64. The Labute approximate surface area is 80.4 Å². The van der Waals surface area contributed by atoms with Crippen LogP contribution in [0.4, 0.5) is 0 Å². The first kappa shape index (κ1) is 9.42. The van der Waals surface area contributed by atoms with E-state index in [0.717, 1.165) is 5.03 Å². The summed E-state index contributed by atoms with van der Waals surface area (Å²) < 4.78 is 0. The molecular weight excluding hydrogens is 186 g/mol. The molecule has 3 heteroatoms. The molecule has 12 heavy (non-hydrogen) atoms. The van der Waals surface area contributed by atoms with E-state index in [1.807, 2.05) is 29.7 Å². The zero-order valence-corrected chi connectivity index (χ0v) is 8.15. The Hall–Kier alpha value is -0.670. The Morgan fingerprint density at radius 1 is 1.42 bits per heavy atom. The fraction of sp³-hybridized carbons (Fsp3) is 0. The predicted octanol–water partition coefficient (Wildman–Crippen LogP) is 3.52. The summed E-state index contributed by atoms with van der Waals surface area (Å²) in [5.41, 5.74) is 0. The third-order valence-electron chi connectivity index (χ3n) is 1.04. The van der Waals surface area contributed by atoms with Gasteiger partial charge in [0, 0.05) is 6.20 Å². The quantitative estimate of drug-likeness (QED) is 0.539. The smallest absolute Gasteiger partial charge is 0.107 e. The topological polar surface area (TPSA) is 12.9 Å². The molecule has 1 nitrogen and oxygen atoms in total. The highest BCUT2D eigenvalue weighted by atomic mass is 33.1. The molecule has 0 radical (unpaired) electrons. The van der Waals surface area contributed by atoms with Crippen LogP contribution in [0.3, 0.4) is 0 Å². The van der Waals surface area contributed by atoms with Gasteiger partial charge >= 0.3 is 0 Å². The lowest BCUT2D eigenvalue weighted by molar-refractivity contribution is 1.14. The van der Waals surface area contributed by atoms with Crippen LogP contribution in [0, 0.1) is 0 Å². The van der Waals surface area contributed by atoms with Crippen molar-refractivity contribution in [3.05, 3.63) is 48.5 Å². The van der Waals surface area contributed by atoms with Crippen LogP contribution in [0.25, 0.3) is 0 Å². The number of pyridine rings is 1. The van der Waals surface area contributed by atoms with Gasteiger partial charge in [-0.2, -0.15) is 0 Å². The summed E-state index contributed by atoms with van der Waals surface area (Å²) in [6.07, 6.45) is 5.45. The Bertz CT molecular complexity index is 256. The van der Waals surface area contributed by atoms with Crippen molar-refractivity contribution in [2.75, 3.05) is 0 Å². The molecule has 0 bridgehead atoms. The molecule has 1 heterocycles. The molecule has 0 aliphatic heterocycles. The third-order valence-corrected chi connectivity index (χ3v) is 2.95. The summed E-state index contributed by atoms with van der Waals surface area (Å²) >= 11 is 0. The largest absolute Gasteiger partial charge is 0.249 e. The van der Waals surface area contributed by atoms with E-state index < -0.39 is 0 Å². The third kappa shape index (κ3) is 3.64. The van der Waals surface area contributed by atoms with E-state index in [-0.39, 0.29) is 0 Å². The minimum Gasteiger partial charge on any atom is -0.249 e. The first-order valence-electron chi connectivity index (χ1n) is 3.45. The molecule has 1 rings (SSSR count). The van der Waals surface area contributed by atoms with E-state index in [0.29, 0.717) is 0 Å². The molecule has 0 N–H and O–H groups in total. The molecule has 0 fully saturated rings. The average Bonchev–Trinajstić information content (AvgIpc) is 2.14. The molecule has 0 spiro atoms. The fourth-order valence-electron chi connectivity index (χ4n) is 0.561. The second kappa shape index (κ2) is 5.91. The van der Waals surface area contributed by atoms with E-state index in [1.54, 1.807) is 33.9 Å². The molecule has 1 aromatic rings. The van der Waals surface area contributed by atoms with Gasteiger partial charge in [-0.3, -0.25) is 0 Å². The number of allylic oxidation sites excluding steroid dienone is 2. The van der Waals surface area contributed by atoms with Gasteiger partial charge in [-0.1, -0.05) is 35.6 Å². The fourth-order valence-corrected chi connectivity index (χ4v) is 2.08. The van der Waals surface area contributed by atoms with Crippen LogP contribution in [0.5, 0.6) is 0 Å². The number of hydrogen-bond acceptors (Lipinski definition) is 3. The lowest BCUT2D eigenvalue weighted by Crippen LogP contribution is -1.71. The zero-order chi connectivity index (χ0) is 8.65. The predicted molar refractivity (Wildman–Crippen MR) is 57.0 cm³/mol. The van der Waals surface area contributed by atoms with Gasteiger partial charge in [0.25, 0.3) is 0 Å². The number of hydrogen-bond donors (Lipinski definition) is 0. The molecule has 0 aromatic carbocycles. The second-order valence-electron chi connectivity index (χ2n) is 1.91. The summed E-state index contributed by atoms with van der Waals surface area (Å²) in [7, 11) is 3.26. The molecule has 62 valence electrons. The summed E-state index contributed by atoms with van der Waals surface area (Å²) in [5.74, 6) is 0. The van der Waals surface area contributed by atoms with Crippen molar-refractivity contribution >= 4 is 21.6 Å². The van der Waals surface area contributed by atoms with Crippen LogP contribution in [-0.4, -0.2) is 4.98 Å². The Balaban J connectivity index is 2.33. The molecule has 0 saturated heterocycles. The van der Waals surface area contributed by atoms with E-state index >= 15 is 0 Å². The highest BCUT2D eigenvalue weighted by Crippen LogP contribution is 2.29. The summed E-state index contributed by atoms with van der Waals surface area (Å²) in [5, 5.41) is 3.00. The van der Waals surface area contributed by atoms with E-state index in [2.05, 4.69) is 11.6 Å². The Morgan fingerprint density at radius 2 is 2.33 bits per heavy atom. The number of nitrogens with zero attached hydrogens (tertiary/aromatic N) is 1. The standard InChI is InChI=1S/C9H9NS2/c1-2-3-8-11-12-9-6-4-5-7-10-9/h2-8H,1H2/b8-3-. The molecule has 1 aromatic heterocycles. The zero-order valence-electron chi connectivity index (χ0n) is 6.51. The van der Waals surface area contributed by atoms with Crippen molar-refractivity contribution < 1.29 is 0 Å². The molecule has 0 aliphatic carbocycles. The first-order chi connectivity index (χ1) is 5.93. The maximum atomic E-state index is 4.16. The van der Waals surface area contributed by atoms with Crippen molar-refractivity contribution in [2.45, 2.75) is 5.03 Å². The maximum Gasteiger partial charge on any atom is 0.107 e. The lowest BCUT2D eigenvalue weighted by Gasteiger charge is -1.92. The SMILES string of the molecule is C=C/C=C\SSc1ccccn1. The average molecular weight is 195 g/mol. The van der Waals surface area contributed by atoms with Gasteiger partial charge in [-0.15, -0.1) is 0 Å². The first-order valence-corrected chi connectivity index (χ1v) is 5.66. The lowest BCUT2D eigenvalue weighted by atomic mass is 10.5. The minimum absolute atomic E-state index is 1.02. The molecule has 0 unspecified atom stereocenters. The van der Waals surface area contributed by atoms with E-state index in [4.69, 9.17) is 0 Å². The molecule has 0 saturated carbocycles. The summed E-state index contributed by atoms with van der Waals surface area (Å²) in [6, 6.07) is 5.88. The van der Waals surface area contributed by atoms with Crippen molar-refractivity contribution in [3.8, 4) is 0 Å². The van der Waals surface area contributed by atoms with Crippen LogP contribution < -0.4 is 0 Å². The van der Waals surface area contributed by atoms with Crippen molar-refractivity contribution in [1.29, 1.82) is 0 Å². The van der Waals surface area contributed by atoms with Crippen LogP contribution in [0.1, 0.15) is 0 Å². The van der Waals surface area contributed by atoms with Gasteiger partial charge in [0.2, 0.25) is 0 Å². The van der Waals surface area contributed by atoms with Crippen molar-refractivity contribution in [3.63, 3.8) is 0 Å². The van der Waals surface area contributed by atoms with Gasteiger partial charge in [-0.05, 0) is 28.3 Å². The molecule has 0 atom stereocenters. The van der Waals surface area contributed by atoms with Gasteiger partial charge in [-0.25, -0.2) is 4.98 Å². The van der Waals surface area contributed by atoms with E-state index in [9.17, 15) is 0 Å². The van der Waals surface area contributed by atoms with Crippen LogP contribution in [-0.2, 0) is 0 Å². The van der Waals surface area contributed by atoms with Crippen molar-refractivity contribution in [1.82, 2.24) is 4.98 Å². The Morgan fingerprint density at radius 3 is 3.00 bits per heavy atom. The molecule has 0 amide bonds. The summed E-state index contributed by atoms with van der Waals surface area (Å²) in [6.45, 7) is 3.58. The van der Waals surface area contributed by atoms with Crippen LogP contribution in [0.2, 0.25) is 0 Å². The number of rotatable bonds is 4. The van der Waals surface area contributed by atoms with Crippen LogP contribution in [0.15, 0.2) is 53.6 Å². The summed E-state index contributed by atoms with van der Waals surface area (Å²) in [4.78, 5) is 4.16. The highest BCUT2D eigenvalue weighted by Gasteiger charge is 1.89. The molecular formula is C9H9NS2. The second-order valence-corrected chi connectivity index (χ2v) is 4.04. The molecule has 0 aliphatic rings.